The van der Waals surface area contributed by atoms with Crippen LogP contribution < -0.4 is 15.2 Å². The number of hydrogen-bond acceptors (Lipinski definition) is 5. The van der Waals surface area contributed by atoms with E-state index in [1.54, 1.807) is 12.1 Å². The number of hydrogen-bond donors (Lipinski definition) is 1. The van der Waals surface area contributed by atoms with E-state index in [4.69, 9.17) is 15.2 Å². The summed E-state index contributed by atoms with van der Waals surface area (Å²) in [4.78, 5) is 0.226. The smallest absolute Gasteiger partial charge is 0.243 e. The highest BCUT2D eigenvalue weighted by atomic mass is 32.2. The van der Waals surface area contributed by atoms with Gasteiger partial charge in [0.2, 0.25) is 10.0 Å². The number of ether oxygens (including phenoxy) is 2. The molecule has 2 aliphatic heterocycles. The van der Waals surface area contributed by atoms with Crippen LogP contribution in [0.15, 0.2) is 23.1 Å². The Morgan fingerprint density at radius 2 is 1.84 bits per heavy atom. The van der Waals surface area contributed by atoms with Crippen molar-refractivity contribution in [1.29, 1.82) is 0 Å². The quantitative estimate of drug-likeness (QED) is 0.837. The van der Waals surface area contributed by atoms with Gasteiger partial charge in [0.15, 0.2) is 11.5 Å². The topological polar surface area (TPSA) is 81.9 Å². The minimum absolute atomic E-state index is 0.0600. The predicted octanol–water partition coefficient (Wildman–Crippen LogP) is 0.180. The average Bonchev–Trinajstić information content (AvgIpc) is 2.59. The van der Waals surface area contributed by atoms with Crippen molar-refractivity contribution >= 4 is 10.0 Å². The molecule has 7 heteroatoms. The van der Waals surface area contributed by atoms with Gasteiger partial charge in [-0.05, 0) is 12.1 Å². The Kier molecular flexibility index (Phi) is 3.12. The van der Waals surface area contributed by atoms with Gasteiger partial charge in [-0.2, -0.15) is 4.31 Å². The molecule has 0 bridgehead atoms. The first-order valence-electron chi connectivity index (χ1n) is 6.23. The van der Waals surface area contributed by atoms with Crippen molar-refractivity contribution in [1.82, 2.24) is 4.31 Å². The van der Waals surface area contributed by atoms with Gasteiger partial charge < -0.3 is 15.2 Å². The molecular weight excluding hydrogens is 268 g/mol. The normalized spacial score (nSPS) is 20.7. The van der Waals surface area contributed by atoms with Crippen molar-refractivity contribution in [2.75, 3.05) is 26.3 Å². The lowest BCUT2D eigenvalue weighted by molar-refractivity contribution is 0.265. The van der Waals surface area contributed by atoms with Gasteiger partial charge in [-0.1, -0.05) is 0 Å². The van der Waals surface area contributed by atoms with Crippen LogP contribution in [-0.2, 0) is 10.0 Å². The second kappa shape index (κ2) is 4.66. The summed E-state index contributed by atoms with van der Waals surface area (Å²) in [6.45, 7) is 1.86. The largest absolute Gasteiger partial charge is 0.490 e. The highest BCUT2D eigenvalue weighted by molar-refractivity contribution is 7.89. The number of nitrogens with two attached hydrogens (primary N) is 1. The van der Waals surface area contributed by atoms with Crippen LogP contribution in [0.2, 0.25) is 0 Å². The molecular formula is C12H16N2O4S. The van der Waals surface area contributed by atoms with Gasteiger partial charge in [0.25, 0.3) is 0 Å². The van der Waals surface area contributed by atoms with E-state index in [2.05, 4.69) is 0 Å². The van der Waals surface area contributed by atoms with Crippen molar-refractivity contribution in [3.8, 4) is 11.5 Å². The summed E-state index contributed by atoms with van der Waals surface area (Å²) >= 11 is 0. The van der Waals surface area contributed by atoms with E-state index in [1.165, 1.54) is 10.4 Å². The van der Waals surface area contributed by atoms with E-state index >= 15 is 0 Å². The Bertz CT molecular complexity index is 581. The molecule has 0 atom stereocenters. The Morgan fingerprint density at radius 1 is 1.16 bits per heavy atom. The summed E-state index contributed by atoms with van der Waals surface area (Å²) in [5, 5.41) is 0. The third-order valence-corrected chi connectivity index (χ3v) is 5.06. The van der Waals surface area contributed by atoms with Gasteiger partial charge in [-0.3, -0.25) is 0 Å². The number of nitrogens with zero attached hydrogens (tertiary/aromatic N) is 1. The maximum atomic E-state index is 12.3. The zero-order chi connectivity index (χ0) is 13.5. The van der Waals surface area contributed by atoms with E-state index in [1.807, 2.05) is 0 Å². The lowest BCUT2D eigenvalue weighted by Crippen LogP contribution is -2.57. The van der Waals surface area contributed by atoms with Gasteiger partial charge >= 0.3 is 0 Å². The molecule has 0 aliphatic carbocycles. The molecule has 19 heavy (non-hydrogen) atoms. The summed E-state index contributed by atoms with van der Waals surface area (Å²) in [5.74, 6) is 1.08. The summed E-state index contributed by atoms with van der Waals surface area (Å²) in [6, 6.07) is 4.66. The van der Waals surface area contributed by atoms with Gasteiger partial charge in [0.1, 0.15) is 0 Å². The fraction of sp³-hybridized carbons (Fsp3) is 0.500. The van der Waals surface area contributed by atoms with Crippen LogP contribution in [0, 0.1) is 0 Å². The molecule has 1 aromatic rings. The first-order valence-corrected chi connectivity index (χ1v) is 7.67. The first kappa shape index (κ1) is 12.7. The molecule has 0 amide bonds. The number of rotatable bonds is 2. The van der Waals surface area contributed by atoms with Crippen molar-refractivity contribution in [2.45, 2.75) is 17.4 Å². The summed E-state index contributed by atoms with van der Waals surface area (Å²) in [6.07, 6.45) is 0.789. The monoisotopic (exact) mass is 284 g/mol. The Hall–Kier alpha value is -1.31. The summed E-state index contributed by atoms with van der Waals surface area (Å²) in [5.41, 5.74) is 5.62. The molecule has 2 heterocycles. The standard InChI is InChI=1S/C12H16N2O4S/c13-9-7-14(8-9)19(15,16)10-2-3-11-12(6-10)18-5-1-4-17-11/h2-3,6,9H,1,4-5,7-8,13H2. The molecule has 6 nitrogen and oxygen atoms in total. The van der Waals surface area contributed by atoms with Crippen LogP contribution in [0.4, 0.5) is 0 Å². The average molecular weight is 284 g/mol. The fourth-order valence-electron chi connectivity index (χ4n) is 2.12. The molecule has 0 unspecified atom stereocenters. The maximum absolute atomic E-state index is 12.3. The zero-order valence-corrected chi connectivity index (χ0v) is 11.2. The lowest BCUT2D eigenvalue weighted by Gasteiger charge is -2.35. The molecule has 0 aromatic heterocycles. The van der Waals surface area contributed by atoms with Gasteiger partial charge in [-0.15, -0.1) is 0 Å². The maximum Gasteiger partial charge on any atom is 0.243 e. The van der Waals surface area contributed by atoms with Gasteiger partial charge in [-0.25, -0.2) is 8.42 Å². The minimum Gasteiger partial charge on any atom is -0.490 e. The fourth-order valence-corrected chi connectivity index (χ4v) is 3.69. The third-order valence-electron chi connectivity index (χ3n) is 3.23. The van der Waals surface area contributed by atoms with Gasteiger partial charge in [0, 0.05) is 31.6 Å². The molecule has 1 saturated heterocycles. The molecule has 0 radical (unpaired) electrons. The number of benzene rings is 1. The summed E-state index contributed by atoms with van der Waals surface area (Å²) in [7, 11) is -3.46. The second-order valence-corrected chi connectivity index (χ2v) is 6.68. The van der Waals surface area contributed by atoms with Crippen LogP contribution in [0.1, 0.15) is 6.42 Å². The van der Waals surface area contributed by atoms with E-state index in [-0.39, 0.29) is 10.9 Å². The molecule has 1 aromatic carbocycles. The first-order chi connectivity index (χ1) is 9.07. The molecule has 0 saturated carbocycles. The Labute approximate surface area is 112 Å². The summed E-state index contributed by atoms with van der Waals surface area (Å²) < 4.78 is 37.0. The molecule has 104 valence electrons. The number of fused-ring (bicyclic) bond motifs is 1. The van der Waals surface area contributed by atoms with Crippen LogP contribution in [0.3, 0.4) is 0 Å². The second-order valence-electron chi connectivity index (χ2n) is 4.74. The lowest BCUT2D eigenvalue weighted by atomic mass is 10.2. The van der Waals surface area contributed by atoms with E-state index in [0.717, 1.165) is 6.42 Å². The Morgan fingerprint density at radius 3 is 2.53 bits per heavy atom. The SMILES string of the molecule is NC1CN(S(=O)(=O)c2ccc3c(c2)OCCCO3)C1. The number of sulfonamides is 1. The molecule has 2 N–H and O–H groups in total. The van der Waals surface area contributed by atoms with Gasteiger partial charge in [0.05, 0.1) is 18.1 Å². The van der Waals surface area contributed by atoms with Crippen LogP contribution in [-0.4, -0.2) is 45.1 Å². The van der Waals surface area contributed by atoms with Crippen molar-refractivity contribution < 1.29 is 17.9 Å². The van der Waals surface area contributed by atoms with Crippen LogP contribution in [0.5, 0.6) is 11.5 Å². The molecule has 0 spiro atoms. The highest BCUT2D eigenvalue weighted by Crippen LogP contribution is 2.33. The van der Waals surface area contributed by atoms with Crippen LogP contribution in [0.25, 0.3) is 0 Å². The van der Waals surface area contributed by atoms with E-state index in [0.29, 0.717) is 37.8 Å². The molecule has 2 aliphatic rings. The predicted molar refractivity (Wildman–Crippen MR) is 68.8 cm³/mol. The van der Waals surface area contributed by atoms with Crippen molar-refractivity contribution in [3.05, 3.63) is 18.2 Å². The molecule has 1 fully saturated rings. The third kappa shape index (κ3) is 2.29. The zero-order valence-electron chi connectivity index (χ0n) is 10.4. The van der Waals surface area contributed by atoms with E-state index < -0.39 is 10.0 Å². The highest BCUT2D eigenvalue weighted by Gasteiger charge is 2.35. The van der Waals surface area contributed by atoms with Crippen LogP contribution >= 0.6 is 0 Å². The minimum atomic E-state index is -3.46. The Balaban J connectivity index is 1.91. The van der Waals surface area contributed by atoms with Crippen molar-refractivity contribution in [2.24, 2.45) is 5.73 Å². The van der Waals surface area contributed by atoms with E-state index in [9.17, 15) is 8.42 Å². The van der Waals surface area contributed by atoms with Crippen molar-refractivity contribution in [3.63, 3.8) is 0 Å². The molecule has 3 rings (SSSR count).